The molecule has 1 amide bonds. The maximum Gasteiger partial charge on any atom is 0.405 e. The van der Waals surface area contributed by atoms with Crippen molar-refractivity contribution in [1.29, 1.82) is 0 Å². The minimum absolute atomic E-state index is 0.134. The summed E-state index contributed by atoms with van der Waals surface area (Å²) in [5.74, 6) is 0.870. The molecule has 0 spiro atoms. The molecule has 0 radical (unpaired) electrons. The van der Waals surface area contributed by atoms with Crippen molar-refractivity contribution in [3.63, 3.8) is 0 Å². The smallest absolute Gasteiger partial charge is 0.405 e. The normalized spacial score (nSPS) is 28.4. The molecule has 0 aliphatic carbocycles. The molecule has 0 bridgehead atoms. The molecular formula is C15H25ClN5O2+. The van der Waals surface area contributed by atoms with Gasteiger partial charge in [-0.2, -0.15) is 4.98 Å². The van der Waals surface area contributed by atoms with E-state index >= 15 is 0 Å². The average Bonchev–Trinajstić information content (AvgIpc) is 2.37. The topological polar surface area (TPSA) is 101 Å². The Morgan fingerprint density at radius 3 is 2.61 bits per heavy atom. The van der Waals surface area contributed by atoms with Crippen LogP contribution in [-0.4, -0.2) is 45.3 Å². The standard InChI is InChI=1S/C15H24ClN5O2/c1-9-5-6-10(18-14(22)23)8-21(9,15(2,3)4)12-7-11(16)19-13(17)20-12/h7,9-10,18H,5-6,8H2,1-4H3,(H2-,17,19,20,22,23)/p+1/t9-,10+,21?/m0/s1. The average molecular weight is 343 g/mol. The fourth-order valence-electron chi connectivity index (χ4n) is 3.80. The zero-order valence-electron chi connectivity index (χ0n) is 14.0. The van der Waals surface area contributed by atoms with Crippen molar-refractivity contribution in [1.82, 2.24) is 19.8 Å². The number of rotatable bonds is 2. The van der Waals surface area contributed by atoms with Crippen molar-refractivity contribution in [3.05, 3.63) is 11.2 Å². The van der Waals surface area contributed by atoms with Crippen LogP contribution in [0.3, 0.4) is 0 Å². The van der Waals surface area contributed by atoms with Crippen LogP contribution in [0, 0.1) is 0 Å². The first-order valence-corrected chi connectivity index (χ1v) is 8.12. The van der Waals surface area contributed by atoms with Gasteiger partial charge in [-0.05, 0) is 34.1 Å². The summed E-state index contributed by atoms with van der Waals surface area (Å²) >= 11 is 6.10. The lowest BCUT2D eigenvalue weighted by Gasteiger charge is -2.55. The maximum atomic E-state index is 11.1. The summed E-state index contributed by atoms with van der Waals surface area (Å²) in [4.78, 5) is 19.5. The number of amides is 1. The van der Waals surface area contributed by atoms with Gasteiger partial charge < -0.3 is 16.2 Å². The van der Waals surface area contributed by atoms with Crippen molar-refractivity contribution in [2.75, 3.05) is 12.3 Å². The number of halogens is 1. The summed E-state index contributed by atoms with van der Waals surface area (Å²) < 4.78 is 0.504. The van der Waals surface area contributed by atoms with Gasteiger partial charge in [-0.3, -0.25) is 4.48 Å². The Hall–Kier alpha value is -1.60. The van der Waals surface area contributed by atoms with Crippen LogP contribution in [0.5, 0.6) is 0 Å². The van der Waals surface area contributed by atoms with Crippen molar-refractivity contribution >= 4 is 29.5 Å². The molecule has 3 atom stereocenters. The minimum Gasteiger partial charge on any atom is -0.465 e. The van der Waals surface area contributed by atoms with Crippen LogP contribution in [0.25, 0.3) is 0 Å². The molecule has 1 aliphatic rings. The summed E-state index contributed by atoms with van der Waals surface area (Å²) in [7, 11) is 0. The van der Waals surface area contributed by atoms with E-state index in [1.165, 1.54) is 0 Å². The number of piperidine rings is 1. The third-order valence-electron chi connectivity index (χ3n) is 4.83. The van der Waals surface area contributed by atoms with Crippen LogP contribution in [0.15, 0.2) is 6.07 Å². The Morgan fingerprint density at radius 1 is 1.43 bits per heavy atom. The molecule has 1 unspecified atom stereocenters. The van der Waals surface area contributed by atoms with E-state index in [9.17, 15) is 4.79 Å². The molecule has 1 aliphatic heterocycles. The molecule has 1 aromatic rings. The summed E-state index contributed by atoms with van der Waals surface area (Å²) in [6.07, 6.45) is 0.679. The lowest BCUT2D eigenvalue weighted by atomic mass is 9.87. The van der Waals surface area contributed by atoms with Crippen LogP contribution in [0.2, 0.25) is 5.15 Å². The van der Waals surface area contributed by atoms with Gasteiger partial charge in [-0.1, -0.05) is 11.6 Å². The molecule has 1 aromatic heterocycles. The monoisotopic (exact) mass is 342 g/mol. The van der Waals surface area contributed by atoms with Crippen LogP contribution in [-0.2, 0) is 0 Å². The lowest BCUT2D eigenvalue weighted by molar-refractivity contribution is 0.0465. The van der Waals surface area contributed by atoms with Crippen LogP contribution < -0.4 is 15.5 Å². The van der Waals surface area contributed by atoms with E-state index in [2.05, 4.69) is 43.0 Å². The van der Waals surface area contributed by atoms with Crippen LogP contribution >= 0.6 is 11.6 Å². The minimum atomic E-state index is -1.00. The van der Waals surface area contributed by atoms with Crippen molar-refractivity contribution in [2.45, 2.75) is 58.2 Å². The van der Waals surface area contributed by atoms with Gasteiger partial charge in [-0.15, -0.1) is 0 Å². The quantitative estimate of drug-likeness (QED) is 0.566. The third-order valence-corrected chi connectivity index (χ3v) is 5.02. The van der Waals surface area contributed by atoms with E-state index in [4.69, 9.17) is 22.4 Å². The molecule has 1 saturated heterocycles. The van der Waals surface area contributed by atoms with E-state index in [0.717, 1.165) is 18.7 Å². The van der Waals surface area contributed by atoms with Crippen LogP contribution in [0.4, 0.5) is 16.6 Å². The summed E-state index contributed by atoms with van der Waals surface area (Å²) in [6, 6.07) is 1.85. The van der Waals surface area contributed by atoms with E-state index in [1.54, 1.807) is 6.07 Å². The molecule has 128 valence electrons. The zero-order chi connectivity index (χ0) is 17.4. The molecule has 23 heavy (non-hydrogen) atoms. The molecule has 4 N–H and O–H groups in total. The molecule has 0 aromatic carbocycles. The fourth-order valence-corrected chi connectivity index (χ4v) is 3.98. The van der Waals surface area contributed by atoms with Gasteiger partial charge in [0.1, 0.15) is 11.7 Å². The highest BCUT2D eigenvalue weighted by atomic mass is 35.5. The number of carbonyl (C=O) groups is 1. The van der Waals surface area contributed by atoms with Gasteiger partial charge >= 0.3 is 6.09 Å². The Kier molecular flexibility index (Phi) is 4.73. The highest BCUT2D eigenvalue weighted by Crippen LogP contribution is 2.40. The Bertz CT molecular complexity index is 584. The summed E-state index contributed by atoms with van der Waals surface area (Å²) in [5, 5.41) is 12.0. The van der Waals surface area contributed by atoms with Gasteiger partial charge in [0.2, 0.25) is 11.8 Å². The van der Waals surface area contributed by atoms with Crippen LogP contribution in [0.1, 0.15) is 40.5 Å². The number of aromatic nitrogens is 2. The Morgan fingerprint density at radius 2 is 2.09 bits per heavy atom. The summed E-state index contributed by atoms with van der Waals surface area (Å²) in [5.41, 5.74) is 5.60. The first kappa shape index (κ1) is 17.7. The number of carboxylic acid groups (broad SMARTS) is 1. The summed E-state index contributed by atoms with van der Waals surface area (Å²) in [6.45, 7) is 9.13. The number of hydrogen-bond donors (Lipinski definition) is 3. The number of nitrogens with one attached hydrogen (secondary N) is 1. The second kappa shape index (κ2) is 6.13. The molecule has 2 rings (SSSR count). The van der Waals surface area contributed by atoms with Gasteiger partial charge in [-0.25, -0.2) is 9.78 Å². The molecular weight excluding hydrogens is 318 g/mol. The van der Waals surface area contributed by atoms with E-state index in [1.807, 2.05) is 0 Å². The largest absolute Gasteiger partial charge is 0.465 e. The van der Waals surface area contributed by atoms with E-state index in [0.29, 0.717) is 16.2 Å². The highest BCUT2D eigenvalue weighted by molar-refractivity contribution is 6.29. The Labute approximate surface area is 141 Å². The maximum absolute atomic E-state index is 11.1. The molecule has 7 nitrogen and oxygen atoms in total. The predicted octanol–water partition coefficient (Wildman–Crippen LogP) is 2.64. The third kappa shape index (κ3) is 3.35. The van der Waals surface area contributed by atoms with E-state index in [-0.39, 0.29) is 23.6 Å². The number of hydrogen-bond acceptors (Lipinski definition) is 4. The van der Waals surface area contributed by atoms with Gasteiger partial charge in [0.25, 0.3) is 0 Å². The first-order chi connectivity index (χ1) is 10.6. The Balaban J connectivity index is 2.55. The van der Waals surface area contributed by atoms with Gasteiger partial charge in [0.15, 0.2) is 0 Å². The number of quaternary nitrogens is 1. The number of nitrogens with two attached hydrogens (primary N) is 1. The van der Waals surface area contributed by atoms with Gasteiger partial charge in [0.05, 0.1) is 23.7 Å². The number of nitrogen functional groups attached to an aromatic ring is 1. The fraction of sp³-hybridized carbons (Fsp3) is 0.667. The second-order valence-corrected chi connectivity index (χ2v) is 7.59. The van der Waals surface area contributed by atoms with Crippen molar-refractivity contribution < 1.29 is 9.90 Å². The number of nitrogens with zero attached hydrogens (tertiary/aromatic N) is 3. The number of likely N-dealkylation sites (tertiary alicyclic amines) is 1. The first-order valence-electron chi connectivity index (χ1n) is 7.74. The molecule has 0 saturated carbocycles. The molecule has 2 heterocycles. The lowest BCUT2D eigenvalue weighted by Crippen LogP contribution is -2.72. The predicted molar refractivity (Wildman–Crippen MR) is 91.5 cm³/mol. The molecule has 8 heteroatoms. The molecule has 1 fully saturated rings. The second-order valence-electron chi connectivity index (χ2n) is 7.20. The SMILES string of the molecule is C[C@H]1CC[C@@H](NC(=O)O)C[N+]1(c1cc(Cl)nc(N)n1)C(C)(C)C. The highest BCUT2D eigenvalue weighted by Gasteiger charge is 2.52. The van der Waals surface area contributed by atoms with Gasteiger partial charge in [0, 0.05) is 6.42 Å². The number of anilines is 1. The van der Waals surface area contributed by atoms with Crippen molar-refractivity contribution in [3.8, 4) is 0 Å². The van der Waals surface area contributed by atoms with E-state index < -0.39 is 6.09 Å². The zero-order valence-corrected chi connectivity index (χ0v) is 14.8. The van der Waals surface area contributed by atoms with Crippen molar-refractivity contribution in [2.24, 2.45) is 0 Å².